The molecule has 2 rings (SSSR count). The molecule has 3 N–H and O–H groups in total. The summed E-state index contributed by atoms with van der Waals surface area (Å²) in [5.41, 5.74) is 6.18. The largest absolute Gasteiger partial charge is 0.484 e. The van der Waals surface area contributed by atoms with Crippen LogP contribution in [0.2, 0.25) is 10.0 Å². The van der Waals surface area contributed by atoms with E-state index in [0.29, 0.717) is 21.4 Å². The third-order valence-corrected chi connectivity index (χ3v) is 3.82. The van der Waals surface area contributed by atoms with Crippen molar-refractivity contribution in [2.75, 3.05) is 6.61 Å². The first-order valence-electron chi connectivity index (χ1n) is 7.14. The standard InChI is InChI=1S/C17H16Cl2N2O3/c1-10(14-6-5-12(18)8-15(14)19)21-17(23)11-3-2-4-13(7-11)24-9-16(20)22/h2-8,10H,9H2,1H3,(H2,20,22)(H,21,23). The van der Waals surface area contributed by atoms with Crippen LogP contribution in [0, 0.1) is 0 Å². The maximum absolute atomic E-state index is 12.4. The Hall–Kier alpha value is -2.24. The van der Waals surface area contributed by atoms with Gasteiger partial charge in [0, 0.05) is 15.6 Å². The molecule has 0 fully saturated rings. The van der Waals surface area contributed by atoms with Gasteiger partial charge in [0.25, 0.3) is 11.8 Å². The molecular weight excluding hydrogens is 351 g/mol. The minimum Gasteiger partial charge on any atom is -0.484 e. The van der Waals surface area contributed by atoms with Gasteiger partial charge in [-0.3, -0.25) is 9.59 Å². The van der Waals surface area contributed by atoms with E-state index in [4.69, 9.17) is 33.7 Å². The van der Waals surface area contributed by atoms with Gasteiger partial charge in [0.15, 0.2) is 6.61 Å². The highest BCUT2D eigenvalue weighted by Gasteiger charge is 2.15. The number of hydrogen-bond acceptors (Lipinski definition) is 3. The number of primary amides is 1. The first-order chi connectivity index (χ1) is 11.4. The Morgan fingerprint density at radius 1 is 1.21 bits per heavy atom. The van der Waals surface area contributed by atoms with Crippen molar-refractivity contribution in [1.29, 1.82) is 0 Å². The molecule has 0 aliphatic heterocycles. The number of benzene rings is 2. The minimum absolute atomic E-state index is 0.248. The lowest BCUT2D eigenvalue weighted by Crippen LogP contribution is -2.27. The number of nitrogens with one attached hydrogen (secondary N) is 1. The zero-order valence-corrected chi connectivity index (χ0v) is 14.4. The summed E-state index contributed by atoms with van der Waals surface area (Å²) in [5.74, 6) is -0.493. The summed E-state index contributed by atoms with van der Waals surface area (Å²) in [6.45, 7) is 1.57. The summed E-state index contributed by atoms with van der Waals surface area (Å²) < 4.78 is 5.19. The molecule has 0 bridgehead atoms. The van der Waals surface area contributed by atoms with Crippen LogP contribution < -0.4 is 15.8 Å². The topological polar surface area (TPSA) is 81.4 Å². The van der Waals surface area contributed by atoms with Crippen LogP contribution in [-0.4, -0.2) is 18.4 Å². The molecule has 5 nitrogen and oxygen atoms in total. The third kappa shape index (κ3) is 4.88. The average molecular weight is 367 g/mol. The van der Waals surface area contributed by atoms with E-state index < -0.39 is 5.91 Å². The number of nitrogens with two attached hydrogens (primary N) is 1. The lowest BCUT2D eigenvalue weighted by atomic mass is 10.1. The van der Waals surface area contributed by atoms with Gasteiger partial charge in [0.1, 0.15) is 5.75 Å². The van der Waals surface area contributed by atoms with Gasteiger partial charge in [-0.25, -0.2) is 0 Å². The van der Waals surface area contributed by atoms with Crippen LogP contribution in [0.15, 0.2) is 42.5 Å². The molecule has 0 spiro atoms. The SMILES string of the molecule is CC(NC(=O)c1cccc(OCC(N)=O)c1)c1ccc(Cl)cc1Cl. The second kappa shape index (κ2) is 8.04. The predicted molar refractivity (Wildman–Crippen MR) is 93.5 cm³/mol. The molecule has 1 unspecified atom stereocenters. The molecule has 0 saturated heterocycles. The molecule has 0 heterocycles. The van der Waals surface area contributed by atoms with Crippen molar-refractivity contribution in [1.82, 2.24) is 5.32 Å². The van der Waals surface area contributed by atoms with Crippen LogP contribution in [0.4, 0.5) is 0 Å². The van der Waals surface area contributed by atoms with Gasteiger partial charge in [-0.1, -0.05) is 35.3 Å². The lowest BCUT2D eigenvalue weighted by Gasteiger charge is -2.16. The molecule has 2 aromatic carbocycles. The van der Waals surface area contributed by atoms with Crippen molar-refractivity contribution < 1.29 is 14.3 Å². The Bertz CT molecular complexity index is 765. The Kier molecular flexibility index (Phi) is 6.06. The fourth-order valence-electron chi connectivity index (χ4n) is 2.09. The van der Waals surface area contributed by atoms with Crippen LogP contribution >= 0.6 is 23.2 Å². The fraction of sp³-hybridized carbons (Fsp3) is 0.176. The summed E-state index contributed by atoms with van der Waals surface area (Å²) in [6.07, 6.45) is 0. The molecular formula is C17H16Cl2N2O3. The maximum atomic E-state index is 12.4. The molecule has 24 heavy (non-hydrogen) atoms. The first-order valence-corrected chi connectivity index (χ1v) is 7.89. The molecule has 7 heteroatoms. The number of ether oxygens (including phenoxy) is 1. The average Bonchev–Trinajstić information content (AvgIpc) is 2.53. The second-order valence-electron chi connectivity index (χ2n) is 5.14. The van der Waals surface area contributed by atoms with Gasteiger partial charge in [-0.2, -0.15) is 0 Å². The third-order valence-electron chi connectivity index (χ3n) is 3.25. The van der Waals surface area contributed by atoms with Crippen LogP contribution in [0.25, 0.3) is 0 Å². The Morgan fingerprint density at radius 3 is 2.62 bits per heavy atom. The van der Waals surface area contributed by atoms with E-state index in [9.17, 15) is 9.59 Å². The molecule has 0 aliphatic rings. The number of rotatable bonds is 6. The molecule has 1 atom stereocenters. The van der Waals surface area contributed by atoms with Gasteiger partial charge in [-0.15, -0.1) is 0 Å². The molecule has 2 aromatic rings. The molecule has 0 aromatic heterocycles. The number of carbonyl (C=O) groups excluding carboxylic acids is 2. The van der Waals surface area contributed by atoms with Crippen LogP contribution in [0.3, 0.4) is 0 Å². The van der Waals surface area contributed by atoms with E-state index in [1.54, 1.807) is 36.4 Å². The van der Waals surface area contributed by atoms with Gasteiger partial charge in [0.05, 0.1) is 6.04 Å². The van der Waals surface area contributed by atoms with E-state index in [1.165, 1.54) is 6.07 Å². The quantitative estimate of drug-likeness (QED) is 0.822. The number of carbonyl (C=O) groups is 2. The maximum Gasteiger partial charge on any atom is 0.255 e. The minimum atomic E-state index is -0.587. The summed E-state index contributed by atoms with van der Waals surface area (Å²) in [4.78, 5) is 23.1. The second-order valence-corrected chi connectivity index (χ2v) is 5.99. The fourth-order valence-corrected chi connectivity index (χ4v) is 2.66. The first kappa shape index (κ1) is 18.1. The van der Waals surface area contributed by atoms with Gasteiger partial charge < -0.3 is 15.8 Å². The zero-order chi connectivity index (χ0) is 17.7. The van der Waals surface area contributed by atoms with Crippen molar-refractivity contribution in [3.8, 4) is 5.75 Å². The van der Waals surface area contributed by atoms with E-state index in [1.807, 2.05) is 6.92 Å². The molecule has 0 saturated carbocycles. The van der Waals surface area contributed by atoms with Gasteiger partial charge in [0.2, 0.25) is 0 Å². The van der Waals surface area contributed by atoms with Gasteiger partial charge >= 0.3 is 0 Å². The van der Waals surface area contributed by atoms with E-state index >= 15 is 0 Å². The summed E-state index contributed by atoms with van der Waals surface area (Å²) in [5, 5.41) is 3.86. The summed E-state index contributed by atoms with van der Waals surface area (Å²) >= 11 is 12.0. The number of amides is 2. The van der Waals surface area contributed by atoms with Crippen LogP contribution in [0.5, 0.6) is 5.75 Å². The van der Waals surface area contributed by atoms with Crippen molar-refractivity contribution >= 4 is 35.0 Å². The lowest BCUT2D eigenvalue weighted by molar-refractivity contribution is -0.119. The number of halogens is 2. The Balaban J connectivity index is 2.08. The molecule has 126 valence electrons. The van der Waals surface area contributed by atoms with Crippen molar-refractivity contribution in [3.63, 3.8) is 0 Å². The highest BCUT2D eigenvalue weighted by Crippen LogP contribution is 2.26. The van der Waals surface area contributed by atoms with Crippen molar-refractivity contribution in [3.05, 3.63) is 63.6 Å². The van der Waals surface area contributed by atoms with Gasteiger partial charge in [-0.05, 0) is 42.8 Å². The molecule has 2 amide bonds. The van der Waals surface area contributed by atoms with Crippen LogP contribution in [0.1, 0.15) is 28.9 Å². The summed E-state index contributed by atoms with van der Waals surface area (Å²) in [7, 11) is 0. The zero-order valence-electron chi connectivity index (χ0n) is 12.9. The normalized spacial score (nSPS) is 11.6. The Morgan fingerprint density at radius 2 is 1.96 bits per heavy atom. The monoisotopic (exact) mass is 366 g/mol. The number of hydrogen-bond donors (Lipinski definition) is 2. The highest BCUT2D eigenvalue weighted by molar-refractivity contribution is 6.35. The van der Waals surface area contributed by atoms with E-state index in [-0.39, 0.29) is 18.6 Å². The van der Waals surface area contributed by atoms with E-state index in [2.05, 4.69) is 5.32 Å². The summed E-state index contributed by atoms with van der Waals surface area (Å²) in [6, 6.07) is 11.3. The highest BCUT2D eigenvalue weighted by atomic mass is 35.5. The van der Waals surface area contributed by atoms with Crippen molar-refractivity contribution in [2.45, 2.75) is 13.0 Å². The smallest absolute Gasteiger partial charge is 0.255 e. The predicted octanol–water partition coefficient (Wildman–Crippen LogP) is 3.35. The van der Waals surface area contributed by atoms with Crippen LogP contribution in [-0.2, 0) is 4.79 Å². The molecule has 0 radical (unpaired) electrons. The molecule has 0 aliphatic carbocycles. The van der Waals surface area contributed by atoms with Crippen molar-refractivity contribution in [2.24, 2.45) is 5.73 Å². The Labute approximate surface area is 149 Å². The van der Waals surface area contributed by atoms with E-state index in [0.717, 1.165) is 5.56 Å².